The van der Waals surface area contributed by atoms with Crippen LogP contribution in [0.5, 0.6) is 0 Å². The smallest absolute Gasteiger partial charge is 0.321 e. The van der Waals surface area contributed by atoms with Crippen LogP contribution in [0, 0.1) is 17.0 Å². The monoisotopic (exact) mass is 463 g/mol. The molecule has 3 rings (SSSR count). The first kappa shape index (κ1) is 22.4. The van der Waals surface area contributed by atoms with Gasteiger partial charge in [0.2, 0.25) is 0 Å². The molecule has 2 heterocycles. The van der Waals surface area contributed by atoms with Gasteiger partial charge < -0.3 is 5.11 Å². The van der Waals surface area contributed by atoms with E-state index < -0.39 is 27.0 Å². The van der Waals surface area contributed by atoms with Gasteiger partial charge in [0.15, 0.2) is 5.03 Å². The third kappa shape index (κ3) is 5.25. The summed E-state index contributed by atoms with van der Waals surface area (Å²) in [7, 11) is -3.87. The Balaban J connectivity index is 1.75. The molecule has 0 spiro atoms. The lowest BCUT2D eigenvalue weighted by molar-refractivity contribution is -0.388. The van der Waals surface area contributed by atoms with Gasteiger partial charge in [-0.05, 0) is 37.1 Å². The topological polar surface area (TPSA) is 157 Å². The molecule has 13 heteroatoms. The fraction of sp³-hybridized carbons (Fsp3) is 0.167. The molecule has 1 aromatic carbocycles. The lowest BCUT2D eigenvalue weighted by atomic mass is 10.2. The van der Waals surface area contributed by atoms with E-state index in [9.17, 15) is 28.4 Å². The van der Waals surface area contributed by atoms with Crippen molar-refractivity contribution in [2.24, 2.45) is 0 Å². The minimum Gasteiger partial charge on any atom is -0.480 e. The molecule has 162 valence electrons. The number of hydrogen-bond acceptors (Lipinski definition) is 9. The van der Waals surface area contributed by atoms with E-state index in [2.05, 4.69) is 14.7 Å². The van der Waals surface area contributed by atoms with Gasteiger partial charge in [-0.25, -0.2) is 27.1 Å². The SMILES string of the molecule is Cc1ccc(S(=O)(=O)n2cnc(CC(NSc3ncccc3[N+](=O)[O-])C(=O)O)c2)cc1. The van der Waals surface area contributed by atoms with Crippen molar-refractivity contribution in [2.75, 3.05) is 0 Å². The number of pyridine rings is 1. The Morgan fingerprint density at radius 3 is 2.65 bits per heavy atom. The Morgan fingerprint density at radius 2 is 2.00 bits per heavy atom. The molecule has 0 saturated heterocycles. The second-order valence-corrected chi connectivity index (χ2v) is 9.08. The van der Waals surface area contributed by atoms with E-state index in [0.29, 0.717) is 11.9 Å². The van der Waals surface area contributed by atoms with Crippen LogP contribution in [-0.2, 0) is 21.2 Å². The molecule has 1 unspecified atom stereocenters. The Hall–Kier alpha value is -3.29. The maximum absolute atomic E-state index is 12.7. The first-order valence-electron chi connectivity index (χ1n) is 8.78. The standard InChI is InChI=1S/C18H17N5O6S2/c1-12-4-6-14(7-5-12)31(28,29)22-10-13(20-11-22)9-15(18(24)25)21-30-17-16(23(26)27)3-2-8-19-17/h2-8,10-11,15,21H,9H2,1H3,(H,24,25). The fourth-order valence-corrected chi connectivity index (χ4v) is 4.48. The van der Waals surface area contributed by atoms with Crippen LogP contribution in [0.25, 0.3) is 0 Å². The number of aryl methyl sites for hydroxylation is 1. The number of rotatable bonds is 9. The Morgan fingerprint density at radius 1 is 1.29 bits per heavy atom. The third-order valence-electron chi connectivity index (χ3n) is 4.17. The molecule has 0 fully saturated rings. The lowest BCUT2D eigenvalue weighted by Crippen LogP contribution is -2.34. The van der Waals surface area contributed by atoms with Crippen LogP contribution in [0.1, 0.15) is 11.3 Å². The van der Waals surface area contributed by atoms with Gasteiger partial charge in [0.1, 0.15) is 12.4 Å². The minimum absolute atomic E-state index is 0.00577. The summed E-state index contributed by atoms with van der Waals surface area (Å²) < 4.78 is 28.9. The van der Waals surface area contributed by atoms with Crippen molar-refractivity contribution in [3.63, 3.8) is 0 Å². The summed E-state index contributed by atoms with van der Waals surface area (Å²) in [4.78, 5) is 30.0. The zero-order chi connectivity index (χ0) is 22.6. The molecule has 0 amide bonds. The van der Waals surface area contributed by atoms with Crippen LogP contribution < -0.4 is 4.72 Å². The molecule has 2 N–H and O–H groups in total. The number of nitrogens with zero attached hydrogens (tertiary/aromatic N) is 4. The molecule has 0 aliphatic heterocycles. The highest BCUT2D eigenvalue weighted by molar-refractivity contribution is 7.97. The fourth-order valence-electron chi connectivity index (χ4n) is 2.53. The number of aromatic nitrogens is 3. The normalized spacial score (nSPS) is 12.4. The van der Waals surface area contributed by atoms with Crippen LogP contribution in [0.2, 0.25) is 0 Å². The third-order valence-corrected chi connectivity index (χ3v) is 6.70. The van der Waals surface area contributed by atoms with Crippen LogP contribution >= 0.6 is 11.9 Å². The molecule has 3 aromatic rings. The molecule has 0 saturated carbocycles. The first-order valence-corrected chi connectivity index (χ1v) is 11.0. The number of carboxylic acid groups (broad SMARTS) is 1. The first-order chi connectivity index (χ1) is 14.7. The number of nitro groups is 1. The van der Waals surface area contributed by atoms with Gasteiger partial charge in [0.25, 0.3) is 10.0 Å². The highest BCUT2D eigenvalue weighted by Crippen LogP contribution is 2.24. The second kappa shape index (κ2) is 9.24. The van der Waals surface area contributed by atoms with Crippen molar-refractivity contribution >= 4 is 33.6 Å². The van der Waals surface area contributed by atoms with Gasteiger partial charge in [-0.15, -0.1) is 0 Å². The van der Waals surface area contributed by atoms with Gasteiger partial charge in [0.05, 0.1) is 15.5 Å². The maximum Gasteiger partial charge on any atom is 0.321 e. The predicted molar refractivity (Wildman–Crippen MR) is 111 cm³/mol. The molecule has 2 aromatic heterocycles. The van der Waals surface area contributed by atoms with Crippen LogP contribution in [0.3, 0.4) is 0 Å². The molecular weight excluding hydrogens is 446 g/mol. The van der Waals surface area contributed by atoms with Gasteiger partial charge in [-0.3, -0.25) is 14.9 Å². The van der Waals surface area contributed by atoms with Gasteiger partial charge in [0, 0.05) is 24.9 Å². The van der Waals surface area contributed by atoms with E-state index in [-0.39, 0.29) is 27.7 Å². The molecular formula is C18H17N5O6S2. The van der Waals surface area contributed by atoms with Crippen LogP contribution in [0.4, 0.5) is 5.69 Å². The van der Waals surface area contributed by atoms with Crippen molar-refractivity contribution in [1.82, 2.24) is 18.7 Å². The predicted octanol–water partition coefficient (Wildman–Crippen LogP) is 2.02. The van der Waals surface area contributed by atoms with Crippen LogP contribution in [-0.4, -0.2) is 44.4 Å². The van der Waals surface area contributed by atoms with E-state index in [1.807, 2.05) is 6.92 Å². The van der Waals surface area contributed by atoms with E-state index >= 15 is 0 Å². The second-order valence-electron chi connectivity index (χ2n) is 6.41. The number of carbonyl (C=O) groups is 1. The van der Waals surface area contributed by atoms with Crippen molar-refractivity contribution in [3.05, 3.63) is 76.5 Å². The van der Waals surface area contributed by atoms with E-state index in [0.717, 1.165) is 15.9 Å². The summed E-state index contributed by atoms with van der Waals surface area (Å²) in [5.74, 6) is -1.23. The number of carboxylic acids is 1. The van der Waals surface area contributed by atoms with Gasteiger partial charge in [-0.2, -0.15) is 0 Å². The molecule has 31 heavy (non-hydrogen) atoms. The number of nitrogens with one attached hydrogen (secondary N) is 1. The summed E-state index contributed by atoms with van der Waals surface area (Å²) in [6.45, 7) is 1.84. The van der Waals surface area contributed by atoms with Gasteiger partial charge >= 0.3 is 11.7 Å². The summed E-state index contributed by atoms with van der Waals surface area (Å²) in [5, 5.41) is 20.5. The van der Waals surface area contributed by atoms with Crippen molar-refractivity contribution in [2.45, 2.75) is 29.3 Å². The lowest BCUT2D eigenvalue weighted by Gasteiger charge is -2.12. The molecule has 0 bridgehead atoms. The highest BCUT2D eigenvalue weighted by Gasteiger charge is 2.24. The molecule has 1 atom stereocenters. The number of hydrogen-bond donors (Lipinski definition) is 2. The molecule has 0 radical (unpaired) electrons. The molecule has 0 aliphatic carbocycles. The average Bonchev–Trinajstić information content (AvgIpc) is 3.21. The van der Waals surface area contributed by atoms with Gasteiger partial charge in [-0.1, -0.05) is 17.7 Å². The van der Waals surface area contributed by atoms with Crippen molar-refractivity contribution in [1.29, 1.82) is 0 Å². The summed E-state index contributed by atoms with van der Waals surface area (Å²) in [6, 6.07) is 7.75. The molecule has 11 nitrogen and oxygen atoms in total. The molecule has 0 aliphatic rings. The Kier molecular flexibility index (Phi) is 6.68. The summed E-state index contributed by atoms with van der Waals surface area (Å²) in [6.07, 6.45) is 3.53. The van der Waals surface area contributed by atoms with E-state index in [1.165, 1.54) is 36.7 Å². The summed E-state index contributed by atoms with van der Waals surface area (Å²) in [5.41, 5.74) is 0.857. The Labute approximate surface area is 181 Å². The maximum atomic E-state index is 12.7. The van der Waals surface area contributed by atoms with Crippen molar-refractivity contribution in [3.8, 4) is 0 Å². The largest absolute Gasteiger partial charge is 0.480 e. The Bertz CT molecular complexity index is 1210. The zero-order valence-corrected chi connectivity index (χ0v) is 17.7. The van der Waals surface area contributed by atoms with Crippen LogP contribution in [0.15, 0.2) is 65.0 Å². The van der Waals surface area contributed by atoms with E-state index in [1.54, 1.807) is 12.1 Å². The summed E-state index contributed by atoms with van der Waals surface area (Å²) >= 11 is 0.705. The number of aliphatic carboxylic acids is 1. The minimum atomic E-state index is -3.87. The zero-order valence-electron chi connectivity index (χ0n) is 16.1. The number of imidazole rings is 1. The highest BCUT2D eigenvalue weighted by atomic mass is 32.2. The van der Waals surface area contributed by atoms with E-state index in [4.69, 9.17) is 0 Å². The number of benzene rings is 1. The quantitative estimate of drug-likeness (QED) is 0.273. The van der Waals surface area contributed by atoms with Crippen molar-refractivity contribution < 1.29 is 23.2 Å². The average molecular weight is 463 g/mol.